The lowest BCUT2D eigenvalue weighted by molar-refractivity contribution is -0.137. The molecule has 0 aliphatic carbocycles. The minimum absolute atomic E-state index is 0.347. The normalized spacial score (nSPS) is 11.9. The van der Waals surface area contributed by atoms with Crippen LogP contribution >= 0.6 is 0 Å². The number of carboxylic acids is 1. The van der Waals surface area contributed by atoms with Gasteiger partial charge in [-0.3, -0.25) is 4.79 Å². The number of hydrogen-bond donors (Lipinski definition) is 1. The summed E-state index contributed by atoms with van der Waals surface area (Å²) in [4.78, 5) is 10.6. The molecule has 0 radical (unpaired) electrons. The first-order chi connectivity index (χ1) is 32.6. The van der Waals surface area contributed by atoms with Gasteiger partial charge in [0.05, 0.1) is 0 Å². The van der Waals surface area contributed by atoms with E-state index < -0.39 is 5.97 Å². The summed E-state index contributed by atoms with van der Waals surface area (Å²) in [6, 6.07) is 0. The molecule has 66 heavy (non-hydrogen) atoms. The van der Waals surface area contributed by atoms with Gasteiger partial charge in [-0.05, 0) is 37.5 Å². The second-order valence-corrected chi connectivity index (χ2v) is 22.7. The molecule has 396 valence electrons. The average Bonchev–Trinajstić information content (AvgIpc) is 3.31. The van der Waals surface area contributed by atoms with Crippen LogP contribution in [0.5, 0.6) is 0 Å². The lowest BCUT2D eigenvalue weighted by Gasteiger charge is -2.35. The van der Waals surface area contributed by atoms with E-state index in [4.69, 9.17) is 5.11 Å². The fourth-order valence-corrected chi connectivity index (χ4v) is 11.4. The number of hydrogen-bond acceptors (Lipinski definition) is 1. The molecule has 1 N–H and O–H groups in total. The van der Waals surface area contributed by atoms with Crippen molar-refractivity contribution in [3.8, 4) is 0 Å². The number of carbonyl (C=O) groups is 1. The van der Waals surface area contributed by atoms with Crippen molar-refractivity contribution >= 4 is 5.97 Å². The molecule has 0 aromatic carbocycles. The van der Waals surface area contributed by atoms with E-state index in [0.717, 1.165) is 12.8 Å². The molecule has 0 saturated carbocycles. The molecular formula is C64H128O2. The molecule has 0 heterocycles. The van der Waals surface area contributed by atoms with Crippen LogP contribution in [0.1, 0.15) is 400 Å². The van der Waals surface area contributed by atoms with Crippen LogP contribution in [-0.4, -0.2) is 11.1 Å². The Labute approximate surface area is 419 Å². The Balaban J connectivity index is 4.48. The molecule has 2 nitrogen and oxygen atoms in total. The summed E-state index contributed by atoms with van der Waals surface area (Å²) < 4.78 is 0. The van der Waals surface area contributed by atoms with Gasteiger partial charge in [0.25, 0.3) is 0 Å². The monoisotopic (exact) mass is 929 g/mol. The summed E-state index contributed by atoms with van der Waals surface area (Å²) in [5.41, 5.74) is 0.648. The van der Waals surface area contributed by atoms with Crippen LogP contribution in [0.2, 0.25) is 0 Å². The van der Waals surface area contributed by atoms with Crippen molar-refractivity contribution in [2.24, 2.45) is 5.41 Å². The van der Waals surface area contributed by atoms with Gasteiger partial charge in [0.15, 0.2) is 0 Å². The molecule has 2 heteroatoms. The molecule has 0 aromatic rings. The van der Waals surface area contributed by atoms with Gasteiger partial charge in [-0.25, -0.2) is 0 Å². The Kier molecular flexibility index (Phi) is 56.6. The number of unbranched alkanes of at least 4 members (excludes halogenated alkanes) is 50. The van der Waals surface area contributed by atoms with Gasteiger partial charge in [-0.15, -0.1) is 0 Å². The van der Waals surface area contributed by atoms with Gasteiger partial charge >= 0.3 is 5.97 Å². The van der Waals surface area contributed by atoms with E-state index in [1.807, 2.05) is 0 Å². The Hall–Kier alpha value is -0.530. The van der Waals surface area contributed by atoms with Crippen LogP contribution in [0, 0.1) is 5.41 Å². The third-order valence-corrected chi connectivity index (χ3v) is 16.0. The fraction of sp³-hybridized carbons (Fsp3) is 0.984. The molecule has 0 atom stereocenters. The molecule has 0 spiro atoms. The smallest absolute Gasteiger partial charge is 0.303 e. The van der Waals surface area contributed by atoms with Crippen molar-refractivity contribution in [3.63, 3.8) is 0 Å². The van der Waals surface area contributed by atoms with Crippen molar-refractivity contribution in [2.75, 3.05) is 0 Å². The molecule has 0 bridgehead atoms. The predicted octanol–water partition coefficient (Wildman–Crippen LogP) is 24.1. The van der Waals surface area contributed by atoms with E-state index in [2.05, 4.69) is 20.8 Å². The van der Waals surface area contributed by atoms with Gasteiger partial charge in [0.2, 0.25) is 0 Å². The summed E-state index contributed by atoms with van der Waals surface area (Å²) in [6.07, 6.45) is 84.1. The average molecular weight is 930 g/mol. The maximum atomic E-state index is 10.6. The molecular weight excluding hydrogens is 801 g/mol. The minimum atomic E-state index is -0.644. The summed E-state index contributed by atoms with van der Waals surface area (Å²) in [7, 11) is 0. The number of aliphatic carboxylic acids is 1. The molecule has 0 aliphatic heterocycles. The summed E-state index contributed by atoms with van der Waals surface area (Å²) in [5, 5.41) is 8.73. The van der Waals surface area contributed by atoms with E-state index >= 15 is 0 Å². The van der Waals surface area contributed by atoms with Crippen molar-refractivity contribution in [2.45, 2.75) is 400 Å². The van der Waals surface area contributed by atoms with Gasteiger partial charge in [0.1, 0.15) is 0 Å². The summed E-state index contributed by atoms with van der Waals surface area (Å²) in [5.74, 6) is -0.644. The van der Waals surface area contributed by atoms with E-state index in [0.29, 0.717) is 11.8 Å². The molecule has 0 aromatic heterocycles. The van der Waals surface area contributed by atoms with Crippen LogP contribution in [-0.2, 0) is 4.79 Å². The van der Waals surface area contributed by atoms with Gasteiger partial charge in [-0.2, -0.15) is 0 Å². The Morgan fingerprint density at radius 1 is 0.227 bits per heavy atom. The lowest BCUT2D eigenvalue weighted by Crippen LogP contribution is -2.21. The molecule has 0 unspecified atom stereocenters. The molecule has 0 amide bonds. The first-order valence-corrected chi connectivity index (χ1v) is 31.8. The summed E-state index contributed by atoms with van der Waals surface area (Å²) >= 11 is 0. The standard InChI is InChI=1S/C64H128O2/c1-4-7-10-13-16-19-39-44-49-54-59-64(60-55-50-45-40-20-17-14-11-8-5-2,61-56-51-46-41-21-18-15-12-9-6-3)62-57-52-47-42-37-35-33-31-29-27-25-23-22-24-26-28-30-32-34-36-38-43-48-53-58-63(65)66/h4-62H2,1-3H3,(H,65,66). The highest BCUT2D eigenvalue weighted by Gasteiger charge is 2.28. The van der Waals surface area contributed by atoms with Gasteiger partial charge < -0.3 is 5.11 Å². The van der Waals surface area contributed by atoms with E-state index in [1.165, 1.54) is 334 Å². The van der Waals surface area contributed by atoms with Crippen LogP contribution < -0.4 is 0 Å². The van der Waals surface area contributed by atoms with Gasteiger partial charge in [0, 0.05) is 6.42 Å². The topological polar surface area (TPSA) is 37.3 Å². The van der Waals surface area contributed by atoms with Crippen molar-refractivity contribution in [1.82, 2.24) is 0 Å². The predicted molar refractivity (Wildman–Crippen MR) is 299 cm³/mol. The maximum absolute atomic E-state index is 10.6. The number of rotatable bonds is 60. The zero-order chi connectivity index (χ0) is 47.8. The van der Waals surface area contributed by atoms with E-state index in [1.54, 1.807) is 25.7 Å². The highest BCUT2D eigenvalue weighted by Crippen LogP contribution is 2.42. The second kappa shape index (κ2) is 57.1. The third-order valence-electron chi connectivity index (χ3n) is 16.0. The van der Waals surface area contributed by atoms with Crippen molar-refractivity contribution in [3.05, 3.63) is 0 Å². The molecule has 0 fully saturated rings. The maximum Gasteiger partial charge on any atom is 0.303 e. The Morgan fingerprint density at radius 2 is 0.364 bits per heavy atom. The minimum Gasteiger partial charge on any atom is -0.481 e. The lowest BCUT2D eigenvalue weighted by atomic mass is 9.70. The quantitative estimate of drug-likeness (QED) is 0.0617. The first kappa shape index (κ1) is 65.5. The Morgan fingerprint density at radius 3 is 0.515 bits per heavy atom. The van der Waals surface area contributed by atoms with Crippen LogP contribution in [0.3, 0.4) is 0 Å². The third kappa shape index (κ3) is 52.8. The van der Waals surface area contributed by atoms with Gasteiger partial charge in [-0.1, -0.05) is 361 Å². The Bertz CT molecular complexity index is 820. The van der Waals surface area contributed by atoms with Crippen LogP contribution in [0.4, 0.5) is 0 Å². The van der Waals surface area contributed by atoms with E-state index in [-0.39, 0.29) is 0 Å². The second-order valence-electron chi connectivity index (χ2n) is 22.7. The SMILES string of the molecule is CCCCCCCCCCCCC(CCCCCCCCCCCC)(CCCCCCCCCCCC)CCCCCCCCCCCCCCCCCCCCCCCCCCC(=O)O. The highest BCUT2D eigenvalue weighted by molar-refractivity contribution is 5.66. The fourth-order valence-electron chi connectivity index (χ4n) is 11.4. The first-order valence-electron chi connectivity index (χ1n) is 31.8. The summed E-state index contributed by atoms with van der Waals surface area (Å²) in [6.45, 7) is 7.02. The highest BCUT2D eigenvalue weighted by atomic mass is 16.4. The van der Waals surface area contributed by atoms with Crippen molar-refractivity contribution < 1.29 is 9.90 Å². The zero-order valence-corrected chi connectivity index (χ0v) is 46.6. The van der Waals surface area contributed by atoms with E-state index in [9.17, 15) is 4.79 Å². The largest absolute Gasteiger partial charge is 0.481 e. The van der Waals surface area contributed by atoms with Crippen LogP contribution in [0.15, 0.2) is 0 Å². The number of carboxylic acid groups (broad SMARTS) is 1. The molecule has 0 rings (SSSR count). The zero-order valence-electron chi connectivity index (χ0n) is 46.6. The molecule has 0 aliphatic rings. The van der Waals surface area contributed by atoms with Crippen molar-refractivity contribution in [1.29, 1.82) is 0 Å². The molecule has 0 saturated heterocycles. The van der Waals surface area contributed by atoms with Crippen LogP contribution in [0.25, 0.3) is 0 Å².